The molecule has 3 heteroatoms. The first kappa shape index (κ1) is 19.2. The monoisotopic (exact) mass is 309 g/mol. The maximum atomic E-state index is 3.32. The summed E-state index contributed by atoms with van der Waals surface area (Å²) in [6.45, 7) is 8.38. The molecule has 0 aliphatic heterocycles. The predicted molar refractivity (Wildman–Crippen MR) is 98.0 cm³/mol. The van der Waals surface area contributed by atoms with Crippen molar-refractivity contribution in [1.29, 1.82) is 0 Å². The van der Waals surface area contributed by atoms with E-state index in [1.807, 2.05) is 20.0 Å². The molecule has 0 amide bonds. The van der Waals surface area contributed by atoms with Crippen LogP contribution >= 0.6 is 23.3 Å². The summed E-state index contributed by atoms with van der Waals surface area (Å²) in [5, 5.41) is 0. The number of aryl methyl sites for hydroxylation is 1. The van der Waals surface area contributed by atoms with E-state index in [1.54, 1.807) is 0 Å². The summed E-state index contributed by atoms with van der Waals surface area (Å²) in [4.78, 5) is 3.32. The van der Waals surface area contributed by atoms with Crippen molar-refractivity contribution < 1.29 is 0 Å². The number of hydrogen-bond acceptors (Lipinski definition) is 2. The Morgan fingerprint density at radius 2 is 1.65 bits per heavy atom. The molecule has 2 rings (SSSR count). The van der Waals surface area contributed by atoms with Crippen LogP contribution in [-0.4, -0.2) is 4.98 Å². The second kappa shape index (κ2) is 12.0. The minimum atomic E-state index is 0.609. The van der Waals surface area contributed by atoms with Gasteiger partial charge in [-0.3, -0.25) is 0 Å². The summed E-state index contributed by atoms with van der Waals surface area (Å²) in [6, 6.07) is 13.1. The Morgan fingerprint density at radius 1 is 1.05 bits per heavy atom. The third-order valence-electron chi connectivity index (χ3n) is 3.16. The number of thiol groups is 2. The Labute approximate surface area is 134 Å². The van der Waals surface area contributed by atoms with E-state index < -0.39 is 0 Å². The molecule has 112 valence electrons. The van der Waals surface area contributed by atoms with E-state index in [0.29, 0.717) is 5.92 Å². The maximum Gasteiger partial charge on any atom is 0.0181 e. The van der Waals surface area contributed by atoms with Gasteiger partial charge < -0.3 is 4.98 Å². The first-order chi connectivity index (χ1) is 9.79. The van der Waals surface area contributed by atoms with E-state index in [4.69, 9.17) is 0 Å². The van der Waals surface area contributed by atoms with Crippen molar-refractivity contribution in [2.24, 2.45) is 0 Å². The number of rotatable bonds is 4. The van der Waals surface area contributed by atoms with Gasteiger partial charge in [0, 0.05) is 17.8 Å². The predicted octanol–water partition coefficient (Wildman–Crippen LogP) is 5.85. The lowest BCUT2D eigenvalue weighted by Gasteiger charge is -2.13. The molecule has 0 bridgehead atoms. The van der Waals surface area contributed by atoms with E-state index >= 15 is 0 Å². The van der Waals surface area contributed by atoms with Gasteiger partial charge in [-0.1, -0.05) is 50.6 Å². The quantitative estimate of drug-likeness (QED) is 0.464. The average Bonchev–Trinajstić information content (AvgIpc) is 3.05. The third kappa shape index (κ3) is 6.58. The number of aromatic nitrogens is 1. The molecule has 1 aromatic carbocycles. The van der Waals surface area contributed by atoms with Gasteiger partial charge >= 0.3 is 0 Å². The first-order valence-electron chi connectivity index (χ1n) is 7.18. The molecule has 20 heavy (non-hydrogen) atoms. The van der Waals surface area contributed by atoms with Crippen molar-refractivity contribution in [1.82, 2.24) is 4.98 Å². The van der Waals surface area contributed by atoms with Gasteiger partial charge in [0.2, 0.25) is 0 Å². The van der Waals surface area contributed by atoms with Crippen molar-refractivity contribution in [2.75, 3.05) is 0 Å². The molecule has 0 spiro atoms. The summed E-state index contributed by atoms with van der Waals surface area (Å²) in [7, 11) is 0. The fraction of sp³-hybridized carbons (Fsp3) is 0.412. The third-order valence-corrected chi connectivity index (χ3v) is 3.16. The second-order valence-corrected chi connectivity index (χ2v) is 4.42. The van der Waals surface area contributed by atoms with Crippen LogP contribution in [0.3, 0.4) is 0 Å². The van der Waals surface area contributed by atoms with Gasteiger partial charge in [0.15, 0.2) is 0 Å². The molecule has 1 atom stereocenters. The minimum absolute atomic E-state index is 0.609. The van der Waals surface area contributed by atoms with Crippen LogP contribution in [0.2, 0.25) is 0 Å². The molecule has 1 N–H and O–H groups in total. The van der Waals surface area contributed by atoms with Crippen LogP contribution in [0.15, 0.2) is 42.6 Å². The molecule has 0 saturated heterocycles. The highest BCUT2D eigenvalue weighted by atomic mass is 33.1. The van der Waals surface area contributed by atoms with Gasteiger partial charge in [0.1, 0.15) is 0 Å². The van der Waals surface area contributed by atoms with E-state index in [0.717, 1.165) is 6.42 Å². The van der Waals surface area contributed by atoms with E-state index in [2.05, 4.69) is 78.6 Å². The number of benzene rings is 1. The molecule has 1 unspecified atom stereocenters. The molecule has 0 radical (unpaired) electrons. The van der Waals surface area contributed by atoms with Crippen LogP contribution in [0.25, 0.3) is 0 Å². The summed E-state index contributed by atoms with van der Waals surface area (Å²) < 4.78 is 0. The minimum Gasteiger partial charge on any atom is -0.365 e. The van der Waals surface area contributed by atoms with Gasteiger partial charge in [0.25, 0.3) is 0 Å². The molecular weight excluding hydrogens is 282 g/mol. The molecule has 0 fully saturated rings. The molecule has 1 aromatic heterocycles. The van der Waals surface area contributed by atoms with Crippen molar-refractivity contribution in [3.63, 3.8) is 0 Å². The fourth-order valence-corrected chi connectivity index (χ4v) is 2.08. The second-order valence-electron chi connectivity index (χ2n) is 4.42. The largest absolute Gasteiger partial charge is 0.365 e. The van der Waals surface area contributed by atoms with Gasteiger partial charge in [-0.2, -0.15) is 0 Å². The van der Waals surface area contributed by atoms with Crippen LogP contribution < -0.4 is 0 Å². The smallest absolute Gasteiger partial charge is 0.0181 e. The van der Waals surface area contributed by atoms with Crippen LogP contribution in [0, 0.1) is 6.92 Å². The fourth-order valence-electron chi connectivity index (χ4n) is 2.08. The summed E-state index contributed by atoms with van der Waals surface area (Å²) in [5.74, 6) is 0.609. The maximum absolute atomic E-state index is 3.32. The van der Waals surface area contributed by atoms with Crippen LogP contribution in [0.1, 0.15) is 49.9 Å². The lowest BCUT2D eigenvalue weighted by molar-refractivity contribution is 0.644. The standard InChI is InChI=1S/C15H19N.C2H6.H2S2/c1-3-14(15-5-4-10-16-15)11-13-8-6-12(2)7-9-13;2*1-2/h4-10,14,16H,3,11H2,1-2H3;1-2H3;1-2H. The van der Waals surface area contributed by atoms with Crippen LogP contribution in [-0.2, 0) is 6.42 Å². The van der Waals surface area contributed by atoms with Crippen LogP contribution in [0.4, 0.5) is 0 Å². The van der Waals surface area contributed by atoms with Gasteiger partial charge in [-0.15, -0.1) is 23.3 Å². The van der Waals surface area contributed by atoms with Crippen LogP contribution in [0.5, 0.6) is 0 Å². The molecule has 1 heterocycles. The SMILES string of the molecule is CC.CCC(Cc1ccc(C)cc1)c1ccc[nH]1.SS. The molecular formula is C17H27NS2. The lowest BCUT2D eigenvalue weighted by Crippen LogP contribution is -2.02. The molecule has 2 aromatic rings. The zero-order valence-electron chi connectivity index (χ0n) is 12.9. The molecule has 0 aliphatic rings. The van der Waals surface area contributed by atoms with E-state index in [-0.39, 0.29) is 0 Å². The zero-order valence-corrected chi connectivity index (χ0v) is 14.7. The number of hydrogen-bond donors (Lipinski definition) is 3. The topological polar surface area (TPSA) is 15.8 Å². The van der Waals surface area contributed by atoms with Gasteiger partial charge in [-0.25, -0.2) is 0 Å². The number of nitrogens with one attached hydrogen (secondary N) is 1. The number of aromatic amines is 1. The molecule has 0 saturated carbocycles. The Morgan fingerprint density at radius 3 is 2.10 bits per heavy atom. The zero-order chi connectivity index (χ0) is 15.4. The molecule has 1 nitrogen and oxygen atoms in total. The van der Waals surface area contributed by atoms with E-state index in [1.165, 1.54) is 23.2 Å². The van der Waals surface area contributed by atoms with E-state index in [9.17, 15) is 0 Å². The Kier molecular flexibility index (Phi) is 11.5. The highest BCUT2D eigenvalue weighted by molar-refractivity contribution is 8.59. The highest BCUT2D eigenvalue weighted by Gasteiger charge is 2.10. The molecule has 0 aliphatic carbocycles. The summed E-state index contributed by atoms with van der Waals surface area (Å²) in [6.07, 6.45) is 4.30. The average molecular weight is 310 g/mol. The van der Waals surface area contributed by atoms with Crippen molar-refractivity contribution >= 4 is 23.3 Å². The van der Waals surface area contributed by atoms with Gasteiger partial charge in [0.05, 0.1) is 0 Å². The Bertz CT molecular complexity index is 421. The summed E-state index contributed by atoms with van der Waals surface area (Å²) in [5.41, 5.74) is 4.10. The van der Waals surface area contributed by atoms with Gasteiger partial charge in [-0.05, 0) is 37.5 Å². The normalized spacial score (nSPS) is 10.7. The number of H-pyrrole nitrogens is 1. The van der Waals surface area contributed by atoms with Crippen molar-refractivity contribution in [3.05, 3.63) is 59.4 Å². The highest BCUT2D eigenvalue weighted by Crippen LogP contribution is 2.22. The van der Waals surface area contributed by atoms with Crippen molar-refractivity contribution in [2.45, 2.75) is 46.5 Å². The Balaban J connectivity index is 0.000000829. The Hall–Kier alpha value is -0.800. The first-order valence-corrected chi connectivity index (χ1v) is 8.78. The van der Waals surface area contributed by atoms with Crippen molar-refractivity contribution in [3.8, 4) is 0 Å². The summed E-state index contributed by atoms with van der Waals surface area (Å²) >= 11 is 6.44. The lowest BCUT2D eigenvalue weighted by atomic mass is 9.93.